The van der Waals surface area contributed by atoms with E-state index < -0.39 is 17.7 Å². The first kappa shape index (κ1) is 23.3. The Bertz CT molecular complexity index is 1060. The Balaban J connectivity index is 2.21. The van der Waals surface area contributed by atoms with Gasteiger partial charge in [0.15, 0.2) is 11.5 Å². The van der Waals surface area contributed by atoms with Gasteiger partial charge in [-0.2, -0.15) is 0 Å². The fraction of sp³-hybridized carbons (Fsp3) is 0.360. The van der Waals surface area contributed by atoms with Gasteiger partial charge >= 0.3 is 0 Å². The molecule has 0 aromatic heterocycles. The number of rotatable bonds is 8. The Labute approximate surface area is 188 Å². The third-order valence-electron chi connectivity index (χ3n) is 5.66. The first-order valence-electron chi connectivity index (χ1n) is 10.4. The number of hydrogen-bond donors (Lipinski definition) is 1. The quantitative estimate of drug-likeness (QED) is 0.292. The van der Waals surface area contributed by atoms with Crippen LogP contribution in [0.5, 0.6) is 11.5 Å². The number of ketones is 1. The number of hydrogen-bond acceptors (Lipinski definition) is 6. The van der Waals surface area contributed by atoms with Gasteiger partial charge in [-0.3, -0.25) is 9.59 Å². The first-order valence-corrected chi connectivity index (χ1v) is 10.4. The summed E-state index contributed by atoms with van der Waals surface area (Å²) in [6.07, 6.45) is 0.552. The molecule has 1 N–H and O–H groups in total. The summed E-state index contributed by atoms with van der Waals surface area (Å²) in [4.78, 5) is 27.6. The second kappa shape index (κ2) is 9.87. The van der Waals surface area contributed by atoms with E-state index in [4.69, 9.17) is 14.2 Å². The van der Waals surface area contributed by atoms with Crippen molar-refractivity contribution in [3.05, 3.63) is 64.2 Å². The SMILES string of the molecule is COCCCN1C(=O)C(=O)C(=C(O)c2cc(C)ccc2C)[C@H]1c1ccc(OC)c(OC)c1. The largest absolute Gasteiger partial charge is 0.507 e. The van der Waals surface area contributed by atoms with Crippen LogP contribution in [0.2, 0.25) is 0 Å². The molecule has 0 spiro atoms. The Hall–Kier alpha value is -3.32. The van der Waals surface area contributed by atoms with E-state index in [1.807, 2.05) is 32.0 Å². The van der Waals surface area contributed by atoms with Crippen LogP contribution in [0.15, 0.2) is 42.0 Å². The maximum absolute atomic E-state index is 13.1. The molecule has 0 saturated carbocycles. The van der Waals surface area contributed by atoms with Crippen molar-refractivity contribution in [1.29, 1.82) is 0 Å². The van der Waals surface area contributed by atoms with Crippen LogP contribution in [0, 0.1) is 13.8 Å². The van der Waals surface area contributed by atoms with Crippen LogP contribution in [0.4, 0.5) is 0 Å². The van der Waals surface area contributed by atoms with E-state index in [0.717, 1.165) is 11.1 Å². The molecule has 1 aliphatic heterocycles. The zero-order valence-electron chi connectivity index (χ0n) is 19.1. The minimum absolute atomic E-state index is 0.0633. The highest BCUT2D eigenvalue weighted by molar-refractivity contribution is 6.46. The topological polar surface area (TPSA) is 85.3 Å². The Morgan fingerprint density at radius 1 is 1.00 bits per heavy atom. The van der Waals surface area contributed by atoms with Crippen LogP contribution < -0.4 is 9.47 Å². The summed E-state index contributed by atoms with van der Waals surface area (Å²) in [5.41, 5.74) is 2.99. The second-order valence-corrected chi connectivity index (χ2v) is 7.77. The highest BCUT2D eigenvalue weighted by Crippen LogP contribution is 2.42. The van der Waals surface area contributed by atoms with Crippen molar-refractivity contribution in [2.75, 3.05) is 34.5 Å². The van der Waals surface area contributed by atoms with Crippen LogP contribution >= 0.6 is 0 Å². The Kier molecular flexibility index (Phi) is 7.20. The molecule has 2 aromatic rings. The standard InChI is InChI=1S/C25H29NO6/c1-15-7-8-16(2)18(13-15)23(27)21-22(17-9-10-19(31-4)20(14-17)32-5)26(11-6-12-30-3)25(29)24(21)28/h7-10,13-14,22,27H,6,11-12H2,1-5H3/t22-/m1/s1. The van der Waals surface area contributed by atoms with Gasteiger partial charge in [0.1, 0.15) is 5.76 Å². The van der Waals surface area contributed by atoms with Gasteiger partial charge in [0.05, 0.1) is 25.8 Å². The summed E-state index contributed by atoms with van der Waals surface area (Å²) in [6.45, 7) is 4.51. The zero-order valence-corrected chi connectivity index (χ0v) is 19.1. The molecular formula is C25H29NO6. The number of ether oxygens (including phenoxy) is 3. The first-order chi connectivity index (χ1) is 15.3. The summed E-state index contributed by atoms with van der Waals surface area (Å²) in [6, 6.07) is 10.1. The van der Waals surface area contributed by atoms with Crippen molar-refractivity contribution in [3.63, 3.8) is 0 Å². The number of methoxy groups -OCH3 is 3. The average Bonchev–Trinajstić information content (AvgIpc) is 3.04. The monoisotopic (exact) mass is 439 g/mol. The van der Waals surface area contributed by atoms with Crippen LogP contribution in [0.1, 0.15) is 34.7 Å². The van der Waals surface area contributed by atoms with E-state index in [-0.39, 0.29) is 11.3 Å². The smallest absolute Gasteiger partial charge is 0.295 e. The van der Waals surface area contributed by atoms with E-state index in [0.29, 0.717) is 42.2 Å². The fourth-order valence-corrected chi connectivity index (χ4v) is 4.00. The molecule has 1 amide bonds. The van der Waals surface area contributed by atoms with Crippen LogP contribution in [-0.2, 0) is 14.3 Å². The van der Waals surface area contributed by atoms with Crippen LogP contribution in [0.3, 0.4) is 0 Å². The lowest BCUT2D eigenvalue weighted by Crippen LogP contribution is -2.31. The van der Waals surface area contributed by atoms with Crippen molar-refractivity contribution in [2.45, 2.75) is 26.3 Å². The van der Waals surface area contributed by atoms with Crippen molar-refractivity contribution in [3.8, 4) is 11.5 Å². The molecule has 2 aromatic carbocycles. The third kappa shape index (κ3) is 4.34. The molecule has 3 rings (SSSR count). The van der Waals surface area contributed by atoms with Gasteiger partial charge in [-0.25, -0.2) is 0 Å². The number of amides is 1. The lowest BCUT2D eigenvalue weighted by Gasteiger charge is -2.26. The number of aryl methyl sites for hydroxylation is 2. The minimum atomic E-state index is -0.758. The molecular weight excluding hydrogens is 410 g/mol. The van der Waals surface area contributed by atoms with Crippen LogP contribution in [0.25, 0.3) is 5.76 Å². The van der Waals surface area contributed by atoms with Crippen molar-refractivity contribution < 1.29 is 28.9 Å². The van der Waals surface area contributed by atoms with Gasteiger partial charge in [-0.15, -0.1) is 0 Å². The van der Waals surface area contributed by atoms with Crippen LogP contribution in [-0.4, -0.2) is 56.2 Å². The average molecular weight is 440 g/mol. The van der Waals surface area contributed by atoms with E-state index >= 15 is 0 Å². The van der Waals surface area contributed by atoms with E-state index in [1.54, 1.807) is 25.3 Å². The summed E-state index contributed by atoms with van der Waals surface area (Å²) >= 11 is 0. The lowest BCUT2D eigenvalue weighted by molar-refractivity contribution is -0.140. The molecule has 0 radical (unpaired) electrons. The van der Waals surface area contributed by atoms with Gasteiger partial charge in [0.25, 0.3) is 11.7 Å². The lowest BCUT2D eigenvalue weighted by atomic mass is 9.93. The normalized spacial score (nSPS) is 17.7. The molecule has 1 saturated heterocycles. The van der Waals surface area contributed by atoms with E-state index in [1.165, 1.54) is 19.1 Å². The Morgan fingerprint density at radius 2 is 1.72 bits per heavy atom. The van der Waals surface area contributed by atoms with Gasteiger partial charge in [0.2, 0.25) is 0 Å². The maximum Gasteiger partial charge on any atom is 0.295 e. The van der Waals surface area contributed by atoms with E-state index in [2.05, 4.69) is 0 Å². The molecule has 32 heavy (non-hydrogen) atoms. The number of benzene rings is 2. The summed E-state index contributed by atoms with van der Waals surface area (Å²) in [7, 11) is 4.64. The molecule has 1 aliphatic rings. The molecule has 7 nitrogen and oxygen atoms in total. The molecule has 0 unspecified atom stereocenters. The number of Topliss-reactive ketones (excluding diaryl/α,β-unsaturated/α-hetero) is 1. The van der Waals surface area contributed by atoms with Gasteiger partial charge in [0, 0.05) is 25.8 Å². The fourth-order valence-electron chi connectivity index (χ4n) is 4.00. The molecule has 0 aliphatic carbocycles. The number of aliphatic hydroxyl groups is 1. The summed E-state index contributed by atoms with van der Waals surface area (Å²) < 4.78 is 15.9. The maximum atomic E-state index is 13.1. The zero-order chi connectivity index (χ0) is 23.4. The second-order valence-electron chi connectivity index (χ2n) is 7.77. The highest BCUT2D eigenvalue weighted by atomic mass is 16.5. The molecule has 7 heteroatoms. The predicted octanol–water partition coefficient (Wildman–Crippen LogP) is 3.78. The highest BCUT2D eigenvalue weighted by Gasteiger charge is 2.46. The number of carbonyl (C=O) groups is 2. The van der Waals surface area contributed by atoms with Crippen molar-refractivity contribution in [2.24, 2.45) is 0 Å². The molecule has 1 atom stereocenters. The number of aliphatic hydroxyl groups excluding tert-OH is 1. The molecule has 170 valence electrons. The van der Waals surface area contributed by atoms with Crippen molar-refractivity contribution in [1.82, 2.24) is 4.90 Å². The number of nitrogens with zero attached hydrogens (tertiary/aromatic N) is 1. The minimum Gasteiger partial charge on any atom is -0.507 e. The summed E-state index contributed by atoms with van der Waals surface area (Å²) in [5, 5.41) is 11.3. The van der Waals surface area contributed by atoms with E-state index in [9.17, 15) is 14.7 Å². The number of likely N-dealkylation sites (tertiary alicyclic amines) is 1. The third-order valence-corrected chi connectivity index (χ3v) is 5.66. The van der Waals surface area contributed by atoms with Gasteiger partial charge in [-0.05, 0) is 49.6 Å². The van der Waals surface area contributed by atoms with Crippen molar-refractivity contribution >= 4 is 17.4 Å². The predicted molar refractivity (Wildman–Crippen MR) is 121 cm³/mol. The Morgan fingerprint density at radius 3 is 2.38 bits per heavy atom. The van der Waals surface area contributed by atoms with Gasteiger partial charge in [-0.1, -0.05) is 23.8 Å². The number of carbonyl (C=O) groups excluding carboxylic acids is 2. The molecule has 0 bridgehead atoms. The molecule has 1 fully saturated rings. The summed E-state index contributed by atoms with van der Waals surface area (Å²) in [5.74, 6) is -0.534. The van der Waals surface area contributed by atoms with Gasteiger partial charge < -0.3 is 24.2 Å². The molecule has 1 heterocycles.